The molecule has 1 saturated carbocycles. The Morgan fingerprint density at radius 1 is 1.30 bits per heavy atom. The standard InChI is InChI=1S/C17H26N2S/c1-13(2)11-19(15-8-4-5-9-15)12-14-7-3-6-10-16(14)17(18)20/h3,6-7,10,13,15H,4-5,8-9,11-12H2,1-2H3,(H2,18,20). The predicted octanol–water partition coefficient (Wildman–Crippen LogP) is 3.72. The van der Waals surface area contributed by atoms with E-state index in [1.54, 1.807) is 0 Å². The van der Waals surface area contributed by atoms with E-state index >= 15 is 0 Å². The van der Waals surface area contributed by atoms with Crippen LogP contribution in [0.2, 0.25) is 0 Å². The average molecular weight is 290 g/mol. The van der Waals surface area contributed by atoms with Crippen molar-refractivity contribution in [3.63, 3.8) is 0 Å². The second-order valence-corrected chi connectivity index (χ2v) is 6.72. The van der Waals surface area contributed by atoms with E-state index in [4.69, 9.17) is 18.0 Å². The number of thiocarbonyl (C=S) groups is 1. The minimum atomic E-state index is 0.511. The van der Waals surface area contributed by atoms with Gasteiger partial charge in [0.05, 0.1) is 0 Å². The van der Waals surface area contributed by atoms with Crippen LogP contribution in [0.3, 0.4) is 0 Å². The van der Waals surface area contributed by atoms with Crippen molar-refractivity contribution in [3.05, 3.63) is 35.4 Å². The van der Waals surface area contributed by atoms with Gasteiger partial charge in [-0.05, 0) is 24.3 Å². The molecule has 0 bridgehead atoms. The van der Waals surface area contributed by atoms with Crippen LogP contribution in [0.1, 0.15) is 50.7 Å². The summed E-state index contributed by atoms with van der Waals surface area (Å²) in [5.74, 6) is 0.688. The number of nitrogens with two attached hydrogens (primary N) is 1. The molecule has 1 aliphatic rings. The zero-order chi connectivity index (χ0) is 14.5. The van der Waals surface area contributed by atoms with Gasteiger partial charge in [0.15, 0.2) is 0 Å². The van der Waals surface area contributed by atoms with Crippen LogP contribution in [0.15, 0.2) is 24.3 Å². The Bertz CT molecular complexity index is 450. The molecule has 2 nitrogen and oxygen atoms in total. The highest BCUT2D eigenvalue weighted by Gasteiger charge is 2.23. The van der Waals surface area contributed by atoms with E-state index < -0.39 is 0 Å². The molecule has 0 heterocycles. The van der Waals surface area contributed by atoms with Crippen LogP contribution < -0.4 is 5.73 Å². The van der Waals surface area contributed by atoms with E-state index in [0.29, 0.717) is 10.9 Å². The third-order valence-electron chi connectivity index (χ3n) is 4.10. The molecule has 0 atom stereocenters. The Hall–Kier alpha value is -0.930. The minimum absolute atomic E-state index is 0.511. The Balaban J connectivity index is 2.16. The zero-order valence-electron chi connectivity index (χ0n) is 12.6. The zero-order valence-corrected chi connectivity index (χ0v) is 13.5. The first kappa shape index (κ1) is 15.5. The van der Waals surface area contributed by atoms with Gasteiger partial charge in [-0.25, -0.2) is 0 Å². The smallest absolute Gasteiger partial charge is 0.104 e. The van der Waals surface area contributed by atoms with Gasteiger partial charge in [-0.3, -0.25) is 4.90 Å². The van der Waals surface area contributed by atoms with Crippen molar-refractivity contribution in [3.8, 4) is 0 Å². The monoisotopic (exact) mass is 290 g/mol. The lowest BCUT2D eigenvalue weighted by Gasteiger charge is -2.31. The summed E-state index contributed by atoms with van der Waals surface area (Å²) >= 11 is 5.18. The van der Waals surface area contributed by atoms with E-state index in [0.717, 1.165) is 24.7 Å². The molecule has 110 valence electrons. The van der Waals surface area contributed by atoms with Crippen molar-refractivity contribution >= 4 is 17.2 Å². The van der Waals surface area contributed by atoms with E-state index in [2.05, 4.69) is 30.9 Å². The summed E-state index contributed by atoms with van der Waals surface area (Å²) < 4.78 is 0. The van der Waals surface area contributed by atoms with E-state index in [1.807, 2.05) is 12.1 Å². The van der Waals surface area contributed by atoms with Crippen molar-refractivity contribution in [1.29, 1.82) is 0 Å². The Labute approximate surface area is 128 Å². The molecule has 0 saturated heterocycles. The Morgan fingerprint density at radius 3 is 2.55 bits per heavy atom. The second-order valence-electron chi connectivity index (χ2n) is 6.28. The summed E-state index contributed by atoms with van der Waals surface area (Å²) in [6, 6.07) is 9.04. The lowest BCUT2D eigenvalue weighted by Crippen LogP contribution is -2.36. The molecule has 2 rings (SSSR count). The largest absolute Gasteiger partial charge is 0.389 e. The van der Waals surface area contributed by atoms with Crippen molar-refractivity contribution in [2.24, 2.45) is 11.7 Å². The number of hydrogen-bond donors (Lipinski definition) is 1. The van der Waals surface area contributed by atoms with E-state index in [-0.39, 0.29) is 0 Å². The Kier molecular flexibility index (Phi) is 5.55. The lowest BCUT2D eigenvalue weighted by molar-refractivity contribution is 0.168. The molecule has 1 aliphatic carbocycles. The fourth-order valence-electron chi connectivity index (χ4n) is 3.20. The molecule has 3 heteroatoms. The fraction of sp³-hybridized carbons (Fsp3) is 0.588. The fourth-order valence-corrected chi connectivity index (χ4v) is 3.40. The van der Waals surface area contributed by atoms with Crippen LogP contribution in [-0.2, 0) is 6.54 Å². The topological polar surface area (TPSA) is 29.3 Å². The molecule has 0 unspecified atom stereocenters. The number of nitrogens with zero attached hydrogens (tertiary/aromatic N) is 1. The third kappa shape index (κ3) is 4.03. The molecule has 2 N–H and O–H groups in total. The molecular weight excluding hydrogens is 264 g/mol. The van der Waals surface area contributed by atoms with Gasteiger partial charge in [0.25, 0.3) is 0 Å². The summed E-state index contributed by atoms with van der Waals surface area (Å²) in [5, 5.41) is 0. The molecule has 1 aromatic rings. The maximum absolute atomic E-state index is 5.86. The summed E-state index contributed by atoms with van der Waals surface area (Å²) in [5.41, 5.74) is 8.17. The highest BCUT2D eigenvalue weighted by atomic mass is 32.1. The molecule has 1 aromatic carbocycles. The van der Waals surface area contributed by atoms with Gasteiger partial charge < -0.3 is 5.73 Å². The molecule has 0 radical (unpaired) electrons. The summed E-state index contributed by atoms with van der Waals surface area (Å²) in [6.45, 7) is 6.70. The van der Waals surface area contributed by atoms with Gasteiger partial charge in [0.1, 0.15) is 4.99 Å². The van der Waals surface area contributed by atoms with Gasteiger partial charge in [0, 0.05) is 24.7 Å². The summed E-state index contributed by atoms with van der Waals surface area (Å²) in [4.78, 5) is 3.14. The van der Waals surface area contributed by atoms with Gasteiger partial charge in [-0.1, -0.05) is 63.2 Å². The first-order chi connectivity index (χ1) is 9.58. The van der Waals surface area contributed by atoms with Crippen molar-refractivity contribution in [2.45, 2.75) is 52.1 Å². The van der Waals surface area contributed by atoms with Crippen LogP contribution in [0, 0.1) is 5.92 Å². The second kappa shape index (κ2) is 7.19. The first-order valence-electron chi connectivity index (χ1n) is 7.69. The van der Waals surface area contributed by atoms with Crippen LogP contribution >= 0.6 is 12.2 Å². The molecule has 0 spiro atoms. The number of hydrogen-bond acceptors (Lipinski definition) is 2. The average Bonchev–Trinajstić information content (AvgIpc) is 2.91. The quantitative estimate of drug-likeness (QED) is 0.810. The van der Waals surface area contributed by atoms with Crippen molar-refractivity contribution in [2.75, 3.05) is 6.54 Å². The SMILES string of the molecule is CC(C)CN(Cc1ccccc1C(N)=S)C1CCCC1. The van der Waals surface area contributed by atoms with Crippen molar-refractivity contribution in [1.82, 2.24) is 4.90 Å². The predicted molar refractivity (Wildman–Crippen MR) is 89.8 cm³/mol. The van der Waals surface area contributed by atoms with Crippen LogP contribution in [0.4, 0.5) is 0 Å². The van der Waals surface area contributed by atoms with Gasteiger partial charge in [0.2, 0.25) is 0 Å². The Morgan fingerprint density at radius 2 is 1.95 bits per heavy atom. The molecule has 1 fully saturated rings. The molecular formula is C17H26N2S. The first-order valence-corrected chi connectivity index (χ1v) is 8.10. The summed E-state index contributed by atoms with van der Waals surface area (Å²) in [6.07, 6.45) is 5.41. The van der Waals surface area contributed by atoms with E-state index in [1.165, 1.54) is 31.2 Å². The molecule has 0 aliphatic heterocycles. The van der Waals surface area contributed by atoms with Crippen LogP contribution in [-0.4, -0.2) is 22.5 Å². The van der Waals surface area contributed by atoms with Crippen molar-refractivity contribution < 1.29 is 0 Å². The highest BCUT2D eigenvalue weighted by Crippen LogP contribution is 2.26. The minimum Gasteiger partial charge on any atom is -0.389 e. The maximum Gasteiger partial charge on any atom is 0.104 e. The number of rotatable bonds is 6. The normalized spacial score (nSPS) is 16.2. The lowest BCUT2D eigenvalue weighted by atomic mass is 10.0. The van der Waals surface area contributed by atoms with Gasteiger partial charge in [-0.15, -0.1) is 0 Å². The molecule has 0 aromatic heterocycles. The maximum atomic E-state index is 5.86. The summed E-state index contributed by atoms with van der Waals surface area (Å²) in [7, 11) is 0. The van der Waals surface area contributed by atoms with Gasteiger partial charge in [-0.2, -0.15) is 0 Å². The van der Waals surface area contributed by atoms with Crippen LogP contribution in [0.25, 0.3) is 0 Å². The molecule has 20 heavy (non-hydrogen) atoms. The van der Waals surface area contributed by atoms with Gasteiger partial charge >= 0.3 is 0 Å². The third-order valence-corrected chi connectivity index (χ3v) is 4.32. The number of benzene rings is 1. The molecule has 0 amide bonds. The van der Waals surface area contributed by atoms with E-state index in [9.17, 15) is 0 Å². The highest BCUT2D eigenvalue weighted by molar-refractivity contribution is 7.80. The van der Waals surface area contributed by atoms with Crippen LogP contribution in [0.5, 0.6) is 0 Å².